The van der Waals surface area contributed by atoms with Gasteiger partial charge in [0.2, 0.25) is 5.91 Å². The van der Waals surface area contributed by atoms with Crippen LogP contribution in [0.5, 0.6) is 0 Å². The second-order valence-corrected chi connectivity index (χ2v) is 10.8. The van der Waals surface area contributed by atoms with Crippen molar-refractivity contribution in [1.82, 2.24) is 0 Å². The molecule has 178 valence electrons. The van der Waals surface area contributed by atoms with Crippen molar-refractivity contribution < 1.29 is 17.9 Å². The number of hydrogen-bond donors (Lipinski definition) is 2. The van der Waals surface area contributed by atoms with Crippen molar-refractivity contribution in [3.63, 3.8) is 0 Å². The van der Waals surface area contributed by atoms with Gasteiger partial charge in [-0.3, -0.25) is 9.52 Å². The first-order valence-electron chi connectivity index (χ1n) is 11.1. The third kappa shape index (κ3) is 5.93. The summed E-state index contributed by atoms with van der Waals surface area (Å²) in [6.45, 7) is 2.14. The molecule has 7 nitrogen and oxygen atoms in total. The molecule has 0 unspecified atom stereocenters. The van der Waals surface area contributed by atoms with E-state index in [2.05, 4.69) is 10.0 Å². The lowest BCUT2D eigenvalue weighted by Gasteiger charge is -2.31. The van der Waals surface area contributed by atoms with E-state index in [1.165, 1.54) is 18.2 Å². The van der Waals surface area contributed by atoms with Gasteiger partial charge >= 0.3 is 0 Å². The van der Waals surface area contributed by atoms with Gasteiger partial charge in [0, 0.05) is 29.7 Å². The summed E-state index contributed by atoms with van der Waals surface area (Å²) in [4.78, 5) is 14.8. The summed E-state index contributed by atoms with van der Waals surface area (Å²) in [5.41, 5.74) is 1.17. The van der Waals surface area contributed by atoms with Crippen molar-refractivity contribution in [2.24, 2.45) is 5.92 Å². The summed E-state index contributed by atoms with van der Waals surface area (Å²) in [7, 11) is -4.04. The number of ether oxygens (including phenoxy) is 1. The van der Waals surface area contributed by atoms with Crippen LogP contribution in [0.4, 0.5) is 17.1 Å². The normalized spacial score (nSPS) is 17.6. The van der Waals surface area contributed by atoms with E-state index in [1.807, 2.05) is 4.90 Å². The highest BCUT2D eigenvalue weighted by Gasteiger charge is 2.26. The first-order chi connectivity index (χ1) is 15.8. The highest BCUT2D eigenvalue weighted by atomic mass is 35.5. The molecule has 0 bridgehead atoms. The van der Waals surface area contributed by atoms with Crippen molar-refractivity contribution in [2.45, 2.75) is 37.0 Å². The van der Waals surface area contributed by atoms with Gasteiger partial charge in [-0.1, -0.05) is 42.5 Å². The molecule has 1 saturated heterocycles. The molecule has 0 aromatic heterocycles. The summed E-state index contributed by atoms with van der Waals surface area (Å²) in [5, 5.41) is 3.51. The lowest BCUT2D eigenvalue weighted by molar-refractivity contribution is -0.120. The Morgan fingerprint density at radius 1 is 1.00 bits per heavy atom. The van der Waals surface area contributed by atoms with Crippen LogP contribution in [0.2, 0.25) is 10.0 Å². The smallest absolute Gasteiger partial charge is 0.264 e. The second-order valence-electron chi connectivity index (χ2n) is 8.34. The molecule has 0 atom stereocenters. The lowest BCUT2D eigenvalue weighted by Crippen LogP contribution is -2.37. The molecule has 33 heavy (non-hydrogen) atoms. The van der Waals surface area contributed by atoms with Crippen LogP contribution in [-0.4, -0.2) is 40.6 Å². The van der Waals surface area contributed by atoms with Gasteiger partial charge < -0.3 is 15.0 Å². The Labute approximate surface area is 204 Å². The minimum atomic E-state index is -4.04. The Balaban J connectivity index is 1.67. The van der Waals surface area contributed by atoms with Gasteiger partial charge in [0.15, 0.2) is 0 Å². The molecule has 0 spiro atoms. The van der Waals surface area contributed by atoms with Gasteiger partial charge in [-0.2, -0.15) is 0 Å². The molecule has 2 aromatic carbocycles. The molecule has 1 aliphatic heterocycles. The molecule has 1 aliphatic carbocycles. The van der Waals surface area contributed by atoms with Crippen LogP contribution in [0.1, 0.15) is 32.1 Å². The standard InChI is InChI=1S/C23H27Cl2N3O4S/c24-17-6-8-19(25)20(14-17)27-33(30,31)22-15-18(26-23(29)16-4-2-1-3-5-16)7-9-21(22)28-10-12-32-13-11-28/h6-9,14-16,27H,1-5,10-13H2,(H,26,29). The van der Waals surface area contributed by atoms with Gasteiger partial charge in [0.1, 0.15) is 4.90 Å². The van der Waals surface area contributed by atoms with E-state index < -0.39 is 10.0 Å². The van der Waals surface area contributed by atoms with Crippen molar-refractivity contribution in [3.8, 4) is 0 Å². The molecule has 1 heterocycles. The largest absolute Gasteiger partial charge is 0.378 e. The van der Waals surface area contributed by atoms with Crippen LogP contribution in [0.3, 0.4) is 0 Å². The fourth-order valence-electron chi connectivity index (χ4n) is 4.26. The molecular weight excluding hydrogens is 485 g/mol. The van der Waals surface area contributed by atoms with Crippen LogP contribution in [-0.2, 0) is 19.6 Å². The predicted octanol–water partition coefficient (Wildman–Crippen LogP) is 5.15. The Morgan fingerprint density at radius 2 is 1.73 bits per heavy atom. The van der Waals surface area contributed by atoms with Gasteiger partial charge in [0.05, 0.1) is 29.6 Å². The molecular formula is C23H27Cl2N3O4S. The Bertz CT molecular complexity index is 1110. The zero-order valence-electron chi connectivity index (χ0n) is 18.1. The van der Waals surface area contributed by atoms with Crippen LogP contribution in [0.25, 0.3) is 0 Å². The maximum atomic E-state index is 13.5. The molecule has 2 N–H and O–H groups in total. The third-order valence-electron chi connectivity index (χ3n) is 6.02. The number of benzene rings is 2. The Morgan fingerprint density at radius 3 is 2.45 bits per heavy atom. The number of nitrogens with one attached hydrogen (secondary N) is 2. The number of sulfonamides is 1. The number of carbonyl (C=O) groups excluding carboxylic acids is 1. The minimum absolute atomic E-state index is 0.0406. The van der Waals surface area contributed by atoms with Gasteiger partial charge in [-0.15, -0.1) is 0 Å². The summed E-state index contributed by atoms with van der Waals surface area (Å²) >= 11 is 12.2. The number of hydrogen-bond acceptors (Lipinski definition) is 5. The maximum absolute atomic E-state index is 13.5. The Kier molecular flexibility index (Phi) is 7.69. The number of amides is 1. The number of carbonyl (C=O) groups is 1. The highest BCUT2D eigenvalue weighted by molar-refractivity contribution is 7.93. The van der Waals surface area contributed by atoms with Crippen molar-refractivity contribution in [1.29, 1.82) is 0 Å². The molecule has 2 aromatic rings. The summed E-state index contributed by atoms with van der Waals surface area (Å²) < 4.78 is 34.9. The molecule has 2 fully saturated rings. The fourth-order valence-corrected chi connectivity index (χ4v) is 5.97. The average Bonchev–Trinajstić information content (AvgIpc) is 2.82. The van der Waals surface area contributed by atoms with Gasteiger partial charge in [0.25, 0.3) is 10.0 Å². The summed E-state index contributed by atoms with van der Waals surface area (Å²) in [6, 6.07) is 9.57. The molecule has 4 rings (SSSR count). The summed E-state index contributed by atoms with van der Waals surface area (Å²) in [6.07, 6.45) is 4.95. The van der Waals surface area contributed by atoms with E-state index in [0.717, 1.165) is 32.1 Å². The van der Waals surface area contributed by atoms with E-state index in [0.29, 0.717) is 42.7 Å². The number of nitrogens with zero attached hydrogens (tertiary/aromatic N) is 1. The second kappa shape index (κ2) is 10.5. The van der Waals surface area contributed by atoms with E-state index in [4.69, 9.17) is 27.9 Å². The first-order valence-corrected chi connectivity index (χ1v) is 13.3. The van der Waals surface area contributed by atoms with E-state index in [9.17, 15) is 13.2 Å². The van der Waals surface area contributed by atoms with Crippen LogP contribution in [0.15, 0.2) is 41.3 Å². The zero-order valence-corrected chi connectivity index (χ0v) is 20.5. The van der Waals surface area contributed by atoms with Crippen LogP contribution >= 0.6 is 23.2 Å². The van der Waals surface area contributed by atoms with Crippen LogP contribution < -0.4 is 14.9 Å². The highest BCUT2D eigenvalue weighted by Crippen LogP contribution is 2.34. The van der Waals surface area contributed by atoms with Gasteiger partial charge in [-0.25, -0.2) is 8.42 Å². The van der Waals surface area contributed by atoms with Crippen molar-refractivity contribution in [2.75, 3.05) is 41.2 Å². The maximum Gasteiger partial charge on any atom is 0.264 e. The number of halogens is 2. The predicted molar refractivity (Wildman–Crippen MR) is 132 cm³/mol. The monoisotopic (exact) mass is 511 g/mol. The number of rotatable bonds is 6. The molecule has 10 heteroatoms. The molecule has 1 amide bonds. The molecule has 2 aliphatic rings. The minimum Gasteiger partial charge on any atom is -0.378 e. The summed E-state index contributed by atoms with van der Waals surface area (Å²) in [5.74, 6) is -0.107. The molecule has 1 saturated carbocycles. The van der Waals surface area contributed by atoms with E-state index in [-0.39, 0.29) is 27.4 Å². The van der Waals surface area contributed by atoms with E-state index >= 15 is 0 Å². The van der Waals surface area contributed by atoms with Crippen molar-refractivity contribution >= 4 is 56.2 Å². The molecule has 0 radical (unpaired) electrons. The van der Waals surface area contributed by atoms with E-state index in [1.54, 1.807) is 18.2 Å². The average molecular weight is 512 g/mol. The third-order valence-corrected chi connectivity index (χ3v) is 7.98. The SMILES string of the molecule is O=C(Nc1ccc(N2CCOCC2)c(S(=O)(=O)Nc2cc(Cl)ccc2Cl)c1)C1CCCCC1. The number of anilines is 3. The first kappa shape index (κ1) is 24.1. The topological polar surface area (TPSA) is 87.7 Å². The zero-order chi connectivity index (χ0) is 23.4. The van der Waals surface area contributed by atoms with Crippen LogP contribution in [0, 0.1) is 5.92 Å². The quantitative estimate of drug-likeness (QED) is 0.559. The van der Waals surface area contributed by atoms with Gasteiger partial charge in [-0.05, 0) is 49.2 Å². The fraction of sp³-hybridized carbons (Fsp3) is 0.435. The van der Waals surface area contributed by atoms with Crippen molar-refractivity contribution in [3.05, 3.63) is 46.4 Å². The Hall–Kier alpha value is -2.00. The lowest BCUT2D eigenvalue weighted by atomic mass is 9.88. The number of morpholine rings is 1.